The predicted octanol–water partition coefficient (Wildman–Crippen LogP) is 5.94. The van der Waals surface area contributed by atoms with Gasteiger partial charge in [-0.1, -0.05) is 25.4 Å². The first-order valence-electron chi connectivity index (χ1n) is 11.4. The second-order valence-corrected chi connectivity index (χ2v) is 8.67. The first kappa shape index (κ1) is 26.2. The van der Waals surface area contributed by atoms with Gasteiger partial charge in [0.2, 0.25) is 5.88 Å². The van der Waals surface area contributed by atoms with Crippen LogP contribution in [-0.2, 0) is 12.7 Å². The highest BCUT2D eigenvalue weighted by molar-refractivity contribution is 6.31. The second-order valence-electron chi connectivity index (χ2n) is 8.26. The van der Waals surface area contributed by atoms with Crippen molar-refractivity contribution in [3.05, 3.63) is 57.5 Å². The van der Waals surface area contributed by atoms with E-state index in [9.17, 15) is 22.4 Å². The minimum Gasteiger partial charge on any atom is -0.474 e. The van der Waals surface area contributed by atoms with E-state index in [1.165, 1.54) is 6.07 Å². The number of nitrogens with zero attached hydrogens (tertiary/aromatic N) is 2. The molecular formula is C24H28ClF4N3O2. The molecule has 2 N–H and O–H groups in total. The van der Waals surface area contributed by atoms with Crippen molar-refractivity contribution in [2.45, 2.75) is 64.3 Å². The maximum Gasteiger partial charge on any atom is 0.418 e. The molecule has 2 fully saturated rings. The van der Waals surface area contributed by atoms with Crippen LogP contribution in [-0.4, -0.2) is 35.0 Å². The zero-order chi connectivity index (χ0) is 25.0. The Morgan fingerprint density at radius 1 is 1.18 bits per heavy atom. The molecule has 1 aromatic heterocycles. The number of carbonyl (C=O) groups is 1. The summed E-state index contributed by atoms with van der Waals surface area (Å²) in [5.74, 6) is -1.19. The van der Waals surface area contributed by atoms with Crippen LogP contribution in [0, 0.1) is 5.82 Å². The molecule has 0 radical (unpaired) electrons. The molecule has 4 rings (SSSR count). The highest BCUT2D eigenvalue weighted by Gasteiger charge is 2.34. The quantitative estimate of drug-likeness (QED) is 0.497. The van der Waals surface area contributed by atoms with Crippen molar-refractivity contribution in [3.8, 4) is 5.88 Å². The third-order valence-corrected chi connectivity index (χ3v) is 6.16. The van der Waals surface area contributed by atoms with Crippen molar-refractivity contribution in [1.82, 2.24) is 9.88 Å². The van der Waals surface area contributed by atoms with Gasteiger partial charge in [0.05, 0.1) is 22.3 Å². The van der Waals surface area contributed by atoms with E-state index in [1.54, 1.807) is 6.07 Å². The van der Waals surface area contributed by atoms with Gasteiger partial charge in [-0.2, -0.15) is 13.2 Å². The summed E-state index contributed by atoms with van der Waals surface area (Å²) in [5.41, 5.74) is 6.02. The maximum absolute atomic E-state index is 14.3. The summed E-state index contributed by atoms with van der Waals surface area (Å²) in [6.45, 7) is 5.79. The molecule has 0 spiro atoms. The monoisotopic (exact) mass is 501 g/mol. The Morgan fingerprint density at radius 3 is 2.38 bits per heavy atom. The van der Waals surface area contributed by atoms with Crippen LogP contribution in [0.25, 0.3) is 0 Å². The van der Waals surface area contributed by atoms with Crippen molar-refractivity contribution < 1.29 is 27.1 Å². The summed E-state index contributed by atoms with van der Waals surface area (Å²) in [7, 11) is 0. The molecule has 34 heavy (non-hydrogen) atoms. The molecule has 0 bridgehead atoms. The number of nitrogens with two attached hydrogens (primary N) is 1. The molecule has 1 aliphatic carbocycles. The Kier molecular flexibility index (Phi) is 8.41. The Bertz CT molecular complexity index is 1020. The molecule has 186 valence electrons. The number of hydrogen-bond acceptors (Lipinski definition) is 4. The number of rotatable bonds is 6. The smallest absolute Gasteiger partial charge is 0.418 e. The Balaban J connectivity index is 0.00000158. The Labute approximate surface area is 201 Å². The minimum absolute atomic E-state index is 0.0866. The average Bonchev–Trinajstić information content (AvgIpc) is 3.62. The van der Waals surface area contributed by atoms with E-state index in [2.05, 4.69) is 9.88 Å². The van der Waals surface area contributed by atoms with Gasteiger partial charge in [0.25, 0.3) is 5.91 Å². The van der Waals surface area contributed by atoms with Crippen LogP contribution in [0.4, 0.5) is 17.6 Å². The lowest BCUT2D eigenvalue weighted by molar-refractivity contribution is -0.137. The van der Waals surface area contributed by atoms with Gasteiger partial charge in [-0.25, -0.2) is 9.37 Å². The van der Waals surface area contributed by atoms with Crippen molar-refractivity contribution >= 4 is 17.5 Å². The van der Waals surface area contributed by atoms with Crippen molar-refractivity contribution in [2.75, 3.05) is 13.1 Å². The molecule has 1 saturated heterocycles. The fraction of sp³-hybridized carbons (Fsp3) is 0.500. The van der Waals surface area contributed by atoms with E-state index in [0.29, 0.717) is 38.4 Å². The highest BCUT2D eigenvalue weighted by Crippen LogP contribution is 2.43. The normalized spacial score (nSPS) is 17.1. The number of ether oxygens (including phenoxy) is 1. The first-order chi connectivity index (χ1) is 16.1. The van der Waals surface area contributed by atoms with Crippen LogP contribution in [0.3, 0.4) is 0 Å². The van der Waals surface area contributed by atoms with Gasteiger partial charge in [0, 0.05) is 25.7 Å². The van der Waals surface area contributed by atoms with E-state index in [4.69, 9.17) is 22.1 Å². The fourth-order valence-corrected chi connectivity index (χ4v) is 4.24. The number of pyridine rings is 1. The van der Waals surface area contributed by atoms with Crippen molar-refractivity contribution in [2.24, 2.45) is 5.73 Å². The van der Waals surface area contributed by atoms with E-state index >= 15 is 0 Å². The fourth-order valence-electron chi connectivity index (χ4n) is 4.03. The first-order valence-corrected chi connectivity index (χ1v) is 11.7. The molecule has 5 nitrogen and oxygen atoms in total. The number of alkyl halides is 3. The molecular weight excluding hydrogens is 474 g/mol. The average molecular weight is 502 g/mol. The summed E-state index contributed by atoms with van der Waals surface area (Å²) in [5, 5.41) is -0.472. The highest BCUT2D eigenvalue weighted by atomic mass is 35.5. The number of amides is 1. The molecule has 0 unspecified atom stereocenters. The van der Waals surface area contributed by atoms with Crippen LogP contribution in [0.5, 0.6) is 5.88 Å². The topological polar surface area (TPSA) is 68.5 Å². The van der Waals surface area contributed by atoms with Crippen LogP contribution < -0.4 is 10.5 Å². The molecule has 10 heteroatoms. The molecule has 2 aromatic rings. The zero-order valence-corrected chi connectivity index (χ0v) is 19.8. The van der Waals surface area contributed by atoms with Crippen LogP contribution in [0.15, 0.2) is 24.4 Å². The van der Waals surface area contributed by atoms with Gasteiger partial charge in [-0.05, 0) is 54.9 Å². The summed E-state index contributed by atoms with van der Waals surface area (Å²) >= 11 is 5.60. The molecule has 2 aliphatic rings. The minimum atomic E-state index is -4.58. The largest absolute Gasteiger partial charge is 0.474 e. The maximum atomic E-state index is 14.3. The molecule has 1 saturated carbocycles. The zero-order valence-electron chi connectivity index (χ0n) is 19.1. The Morgan fingerprint density at radius 2 is 1.82 bits per heavy atom. The number of hydrogen-bond donors (Lipinski definition) is 1. The summed E-state index contributed by atoms with van der Waals surface area (Å²) in [6, 6.07) is 3.79. The van der Waals surface area contributed by atoms with Gasteiger partial charge < -0.3 is 10.5 Å². The third kappa shape index (κ3) is 6.39. The molecule has 1 aliphatic heterocycles. The lowest BCUT2D eigenvalue weighted by Crippen LogP contribution is -2.38. The van der Waals surface area contributed by atoms with E-state index in [-0.39, 0.29) is 17.5 Å². The molecule has 1 amide bonds. The van der Waals surface area contributed by atoms with Crippen LogP contribution in [0.1, 0.15) is 72.5 Å². The number of likely N-dealkylation sites (tertiary alicyclic amines) is 1. The van der Waals surface area contributed by atoms with Gasteiger partial charge in [0.1, 0.15) is 11.9 Å². The van der Waals surface area contributed by atoms with Crippen LogP contribution in [0.2, 0.25) is 5.02 Å². The predicted molar refractivity (Wildman–Crippen MR) is 121 cm³/mol. The van der Waals surface area contributed by atoms with Crippen LogP contribution >= 0.6 is 11.6 Å². The third-order valence-electron chi connectivity index (χ3n) is 5.86. The van der Waals surface area contributed by atoms with E-state index in [1.807, 2.05) is 13.8 Å². The lowest BCUT2D eigenvalue weighted by Gasteiger charge is -2.32. The number of piperidine rings is 1. The number of benzene rings is 1. The summed E-state index contributed by atoms with van der Waals surface area (Å²) < 4.78 is 59.1. The van der Waals surface area contributed by atoms with E-state index in [0.717, 1.165) is 36.2 Å². The summed E-state index contributed by atoms with van der Waals surface area (Å²) in [4.78, 5) is 17.5. The molecule has 0 atom stereocenters. The number of halogens is 5. The molecule has 1 aromatic carbocycles. The van der Waals surface area contributed by atoms with Crippen molar-refractivity contribution in [3.63, 3.8) is 0 Å². The number of aromatic nitrogens is 1. The van der Waals surface area contributed by atoms with Gasteiger partial charge in [-0.15, -0.1) is 0 Å². The Hall–Kier alpha value is -2.39. The summed E-state index contributed by atoms with van der Waals surface area (Å²) in [6.07, 6.45) is -0.739. The lowest BCUT2D eigenvalue weighted by atomic mass is 9.97. The van der Waals surface area contributed by atoms with Gasteiger partial charge in [0.15, 0.2) is 0 Å². The number of carbonyl (C=O) groups excluding carboxylic acids is 1. The number of primary amides is 1. The SMILES string of the molecule is CC.NC(=O)c1cc(C2CC2)c(CN2CCC(Oc3cc(C(F)(F)F)c(Cl)cn3)CC2)cc1F. The van der Waals surface area contributed by atoms with Gasteiger partial charge >= 0.3 is 6.18 Å². The van der Waals surface area contributed by atoms with E-state index < -0.39 is 28.5 Å². The van der Waals surface area contributed by atoms with Gasteiger partial charge in [-0.3, -0.25) is 9.69 Å². The second kappa shape index (κ2) is 10.9. The van der Waals surface area contributed by atoms with Crippen molar-refractivity contribution in [1.29, 1.82) is 0 Å². The standard InChI is InChI=1S/C22H22ClF4N3O2.C2H6/c23-18-10-29-20(9-17(18)22(25,26)27)32-14-3-5-30(6-4-14)11-13-7-19(24)16(21(28)31)8-15(13)12-1-2-12;1-2/h7-10,12,14H,1-6,11H2,(H2,28,31);1-2H3. The molecule has 2 heterocycles.